The summed E-state index contributed by atoms with van der Waals surface area (Å²) in [6, 6.07) is 3.78. The van der Waals surface area contributed by atoms with Gasteiger partial charge < -0.3 is 15.2 Å². The number of aromatic nitrogens is 5. The molecule has 3 heterocycles. The Hall–Kier alpha value is -4.16. The number of hydrogen-bond donors (Lipinski definition) is 2. The maximum atomic E-state index is 13.7. The predicted molar refractivity (Wildman–Crippen MR) is 97.1 cm³/mol. The summed E-state index contributed by atoms with van der Waals surface area (Å²) in [5.41, 5.74) is 5.19. The van der Waals surface area contributed by atoms with Gasteiger partial charge in [0.05, 0.1) is 23.7 Å². The summed E-state index contributed by atoms with van der Waals surface area (Å²) in [6.45, 7) is 1.36. The Labute approximate surface area is 167 Å². The first-order valence-electron chi connectivity index (χ1n) is 8.36. The SMILES string of the molecule is CC(OC(=O)Nc1c(-c2ccc(OC(N)=O)cn2)nnn1C)c1cc(F)cnc1F. The highest BCUT2D eigenvalue weighted by molar-refractivity contribution is 5.88. The van der Waals surface area contributed by atoms with E-state index in [0.717, 1.165) is 6.07 Å². The normalized spacial score (nSPS) is 11.6. The van der Waals surface area contributed by atoms with Crippen LogP contribution in [0.4, 0.5) is 24.2 Å². The van der Waals surface area contributed by atoms with Crippen LogP contribution < -0.4 is 15.8 Å². The lowest BCUT2D eigenvalue weighted by molar-refractivity contribution is 0.118. The lowest BCUT2D eigenvalue weighted by Gasteiger charge is -2.15. The summed E-state index contributed by atoms with van der Waals surface area (Å²) >= 11 is 0. The zero-order valence-electron chi connectivity index (χ0n) is 15.7. The minimum Gasteiger partial charge on any atom is -0.441 e. The zero-order chi connectivity index (χ0) is 21.8. The van der Waals surface area contributed by atoms with Crippen molar-refractivity contribution in [1.82, 2.24) is 25.0 Å². The number of carbonyl (C=O) groups excluding carboxylic acids is 2. The van der Waals surface area contributed by atoms with Crippen molar-refractivity contribution < 1.29 is 27.8 Å². The molecule has 3 aromatic heterocycles. The molecule has 11 nitrogen and oxygen atoms in total. The van der Waals surface area contributed by atoms with Gasteiger partial charge >= 0.3 is 12.2 Å². The van der Waals surface area contributed by atoms with Crippen LogP contribution in [0, 0.1) is 11.8 Å². The molecule has 0 aliphatic carbocycles. The van der Waals surface area contributed by atoms with E-state index in [4.69, 9.17) is 15.2 Å². The van der Waals surface area contributed by atoms with Gasteiger partial charge in [0.25, 0.3) is 0 Å². The summed E-state index contributed by atoms with van der Waals surface area (Å²) in [7, 11) is 1.51. The quantitative estimate of drug-likeness (QED) is 0.599. The number of rotatable bonds is 5. The molecule has 2 amide bonds. The summed E-state index contributed by atoms with van der Waals surface area (Å²) in [5, 5.41) is 10.2. The molecule has 3 aromatic rings. The van der Waals surface area contributed by atoms with E-state index in [2.05, 4.69) is 25.6 Å². The Balaban J connectivity index is 1.75. The van der Waals surface area contributed by atoms with Gasteiger partial charge in [-0.1, -0.05) is 5.21 Å². The Kier molecular flexibility index (Phi) is 5.80. The summed E-state index contributed by atoms with van der Waals surface area (Å²) < 4.78 is 38.1. The number of pyridine rings is 2. The third-order valence-electron chi connectivity index (χ3n) is 3.80. The fourth-order valence-electron chi connectivity index (χ4n) is 2.44. The number of primary amides is 1. The van der Waals surface area contributed by atoms with Crippen molar-refractivity contribution in [3.05, 3.63) is 47.9 Å². The fourth-order valence-corrected chi connectivity index (χ4v) is 2.44. The average molecular weight is 419 g/mol. The number of anilines is 1. The predicted octanol–water partition coefficient (Wildman–Crippen LogP) is 2.32. The smallest absolute Gasteiger partial charge is 0.413 e. The summed E-state index contributed by atoms with van der Waals surface area (Å²) in [4.78, 5) is 30.4. The Morgan fingerprint density at radius 1 is 1.23 bits per heavy atom. The van der Waals surface area contributed by atoms with Crippen molar-refractivity contribution in [2.24, 2.45) is 12.8 Å². The second-order valence-corrected chi connectivity index (χ2v) is 5.92. The number of ether oxygens (including phenoxy) is 2. The number of halogens is 2. The molecule has 30 heavy (non-hydrogen) atoms. The van der Waals surface area contributed by atoms with E-state index < -0.39 is 30.1 Å². The second kappa shape index (κ2) is 8.46. The van der Waals surface area contributed by atoms with Crippen LogP contribution in [0.15, 0.2) is 30.6 Å². The number of carbonyl (C=O) groups is 2. The zero-order valence-corrected chi connectivity index (χ0v) is 15.7. The Bertz CT molecular complexity index is 1090. The highest BCUT2D eigenvalue weighted by atomic mass is 19.1. The molecule has 0 saturated heterocycles. The van der Waals surface area contributed by atoms with E-state index in [0.29, 0.717) is 11.9 Å². The van der Waals surface area contributed by atoms with Gasteiger partial charge in [-0.05, 0) is 25.1 Å². The lowest BCUT2D eigenvalue weighted by atomic mass is 10.2. The Morgan fingerprint density at radius 3 is 2.67 bits per heavy atom. The van der Waals surface area contributed by atoms with Gasteiger partial charge in [-0.25, -0.2) is 23.6 Å². The van der Waals surface area contributed by atoms with Crippen LogP contribution >= 0.6 is 0 Å². The second-order valence-electron chi connectivity index (χ2n) is 5.92. The minimum atomic E-state index is -1.12. The molecule has 1 unspecified atom stereocenters. The molecule has 1 atom stereocenters. The van der Waals surface area contributed by atoms with Crippen molar-refractivity contribution >= 4 is 18.0 Å². The molecule has 0 bridgehead atoms. The molecular formula is C17H15F2N7O4. The van der Waals surface area contributed by atoms with E-state index in [1.165, 1.54) is 37.0 Å². The van der Waals surface area contributed by atoms with E-state index in [1.54, 1.807) is 0 Å². The van der Waals surface area contributed by atoms with Crippen LogP contribution in [0.5, 0.6) is 5.75 Å². The molecule has 156 valence electrons. The van der Waals surface area contributed by atoms with Crippen LogP contribution in [0.2, 0.25) is 0 Å². The van der Waals surface area contributed by atoms with Crippen LogP contribution in [0.1, 0.15) is 18.6 Å². The van der Waals surface area contributed by atoms with Crippen LogP contribution in [-0.4, -0.2) is 37.1 Å². The highest BCUT2D eigenvalue weighted by Crippen LogP contribution is 2.26. The summed E-state index contributed by atoms with van der Waals surface area (Å²) in [5.74, 6) is -1.48. The largest absolute Gasteiger partial charge is 0.441 e. The molecule has 3 N–H and O–H groups in total. The van der Waals surface area contributed by atoms with Crippen molar-refractivity contribution in [3.63, 3.8) is 0 Å². The van der Waals surface area contributed by atoms with Crippen LogP contribution in [-0.2, 0) is 11.8 Å². The van der Waals surface area contributed by atoms with E-state index in [1.807, 2.05) is 0 Å². The molecule has 13 heteroatoms. The number of nitrogens with zero attached hydrogens (tertiary/aromatic N) is 5. The molecule has 0 fully saturated rings. The minimum absolute atomic E-state index is 0.114. The Morgan fingerprint density at radius 2 is 2.00 bits per heavy atom. The molecular weight excluding hydrogens is 404 g/mol. The van der Waals surface area contributed by atoms with Gasteiger partial charge in [0.15, 0.2) is 17.3 Å². The van der Waals surface area contributed by atoms with Crippen LogP contribution in [0.3, 0.4) is 0 Å². The van der Waals surface area contributed by atoms with Gasteiger partial charge in [-0.3, -0.25) is 10.3 Å². The number of hydrogen-bond acceptors (Lipinski definition) is 8. The van der Waals surface area contributed by atoms with E-state index in [-0.39, 0.29) is 22.8 Å². The lowest BCUT2D eigenvalue weighted by Crippen LogP contribution is -2.19. The molecule has 3 rings (SSSR count). The third-order valence-corrected chi connectivity index (χ3v) is 3.80. The van der Waals surface area contributed by atoms with Gasteiger partial charge in [-0.15, -0.1) is 5.10 Å². The first-order chi connectivity index (χ1) is 14.2. The topological polar surface area (TPSA) is 147 Å². The van der Waals surface area contributed by atoms with Gasteiger partial charge in [0.2, 0.25) is 5.95 Å². The monoisotopic (exact) mass is 419 g/mol. The molecule has 0 aliphatic heterocycles. The molecule has 0 aromatic carbocycles. The average Bonchev–Trinajstić information content (AvgIpc) is 3.04. The van der Waals surface area contributed by atoms with Gasteiger partial charge in [-0.2, -0.15) is 4.39 Å². The molecule has 0 radical (unpaired) electrons. The third kappa shape index (κ3) is 4.63. The van der Waals surface area contributed by atoms with E-state index >= 15 is 0 Å². The maximum absolute atomic E-state index is 13.7. The molecule has 0 aliphatic rings. The van der Waals surface area contributed by atoms with Crippen molar-refractivity contribution in [2.45, 2.75) is 13.0 Å². The van der Waals surface area contributed by atoms with Gasteiger partial charge in [0.1, 0.15) is 11.9 Å². The van der Waals surface area contributed by atoms with Crippen molar-refractivity contribution in [3.8, 4) is 17.1 Å². The number of nitrogens with one attached hydrogen (secondary N) is 1. The maximum Gasteiger partial charge on any atom is 0.413 e. The fraction of sp³-hybridized carbons (Fsp3) is 0.176. The van der Waals surface area contributed by atoms with Crippen LogP contribution in [0.25, 0.3) is 11.4 Å². The first kappa shape index (κ1) is 20.6. The highest BCUT2D eigenvalue weighted by Gasteiger charge is 2.21. The summed E-state index contributed by atoms with van der Waals surface area (Å²) in [6.07, 6.45) is -1.13. The standard InChI is InChI=1S/C17H15F2N7O4/c1-8(11-5-9(18)6-22-14(11)19)29-17(28)23-15-13(24-25-26(15)2)12-4-3-10(7-21-12)30-16(20)27/h3-8H,1-2H3,(H2,20,27)(H,23,28). The molecule has 0 spiro atoms. The van der Waals surface area contributed by atoms with Gasteiger partial charge in [0, 0.05) is 7.05 Å². The number of amides is 2. The van der Waals surface area contributed by atoms with E-state index in [9.17, 15) is 18.4 Å². The first-order valence-corrected chi connectivity index (χ1v) is 8.36. The number of aryl methyl sites for hydroxylation is 1. The molecule has 0 saturated carbocycles. The number of nitrogens with two attached hydrogens (primary N) is 1. The van der Waals surface area contributed by atoms with Crippen molar-refractivity contribution in [1.29, 1.82) is 0 Å². The van der Waals surface area contributed by atoms with Crippen molar-refractivity contribution in [2.75, 3.05) is 5.32 Å².